The molecule has 1 heterocycles. The Balaban J connectivity index is 1.48. The topological polar surface area (TPSA) is 21.1 Å². The number of thioether (sulfide) groups is 1. The van der Waals surface area contributed by atoms with Crippen LogP contribution in [0.25, 0.3) is 12.2 Å². The maximum atomic E-state index is 2.98. The lowest BCUT2D eigenvalue weighted by molar-refractivity contribution is -0.699. The van der Waals surface area contributed by atoms with Gasteiger partial charge in [0.15, 0.2) is 12.4 Å². The van der Waals surface area contributed by atoms with Gasteiger partial charge in [-0.25, -0.2) is 0 Å². The molecule has 4 heteroatoms. The summed E-state index contributed by atoms with van der Waals surface area (Å²) in [7, 11) is 4.04. The van der Waals surface area contributed by atoms with Crippen LogP contribution in [0.5, 0.6) is 0 Å². The van der Waals surface area contributed by atoms with Gasteiger partial charge in [-0.15, -0.1) is 11.8 Å². The zero-order chi connectivity index (χ0) is 24.6. The second kappa shape index (κ2) is 15.5. The molecule has 1 N–H and O–H groups in total. The van der Waals surface area contributed by atoms with Crippen LogP contribution in [0.15, 0.2) is 103 Å². The molecule has 3 aromatic rings. The molecule has 0 radical (unpaired) electrons. The fraction of sp³-hybridized carbons (Fsp3) is 0.226. The number of nitrogens with zero attached hydrogens (tertiary/aromatic N) is 2. The molecule has 0 spiro atoms. The predicted octanol–water partition coefficient (Wildman–Crippen LogP) is 5.15. The van der Waals surface area contributed by atoms with Crippen LogP contribution in [0.3, 0.4) is 0 Å². The number of unbranched alkanes of at least 4 members (excludes halogenated alkanes) is 1. The zero-order valence-electron chi connectivity index (χ0n) is 20.9. The molecule has 0 aliphatic carbocycles. The third-order valence-corrected chi connectivity index (χ3v) is 6.46. The highest BCUT2D eigenvalue weighted by atomic mass is 32.2. The molecular formula is C31H37N3S+2. The summed E-state index contributed by atoms with van der Waals surface area (Å²) in [6, 6.07) is 25.8. The normalized spacial score (nSPS) is 11.9. The highest BCUT2D eigenvalue weighted by Crippen LogP contribution is 2.17. The standard InChI is InChI=1S/C31H36N3S/c1-32-22-8-4-11-25-35-26-12-10-24-34-23-9-7-15-31(34)21-18-28-16-19-30(20-17-28)33(2)27-29-13-5-3-6-14-29/h3-9,11,13-23,25H,10,12,24,26-27H2,1-2H3/q+1/p+1/b8-4-,25-11+,32-22?. The number of allylic oxidation sites excluding steroid dienone is 3. The quantitative estimate of drug-likeness (QED) is 0.157. The molecule has 35 heavy (non-hydrogen) atoms. The van der Waals surface area contributed by atoms with E-state index in [2.05, 4.69) is 124 Å². The van der Waals surface area contributed by atoms with Crippen molar-refractivity contribution in [1.29, 1.82) is 0 Å². The molecule has 3 nitrogen and oxygen atoms in total. The van der Waals surface area contributed by atoms with Gasteiger partial charge < -0.3 is 4.90 Å². The van der Waals surface area contributed by atoms with Crippen molar-refractivity contribution in [1.82, 2.24) is 0 Å². The second-order valence-electron chi connectivity index (χ2n) is 8.33. The van der Waals surface area contributed by atoms with E-state index in [1.54, 1.807) is 0 Å². The number of rotatable bonds is 13. The molecule has 3 rings (SSSR count). The van der Waals surface area contributed by atoms with Crippen molar-refractivity contribution >= 4 is 35.8 Å². The van der Waals surface area contributed by atoms with E-state index in [0.29, 0.717) is 0 Å². The van der Waals surface area contributed by atoms with E-state index in [1.807, 2.05) is 37.2 Å². The van der Waals surface area contributed by atoms with E-state index < -0.39 is 0 Å². The number of hydrogen-bond donors (Lipinski definition) is 1. The molecule has 0 amide bonds. The smallest absolute Gasteiger partial charge is 0.205 e. The first-order valence-electron chi connectivity index (χ1n) is 12.2. The van der Waals surface area contributed by atoms with E-state index in [-0.39, 0.29) is 0 Å². The van der Waals surface area contributed by atoms with Gasteiger partial charge in [-0.2, -0.15) is 4.57 Å². The van der Waals surface area contributed by atoms with Gasteiger partial charge >= 0.3 is 0 Å². The summed E-state index contributed by atoms with van der Waals surface area (Å²) in [5.41, 5.74) is 4.98. The Morgan fingerprint density at radius 3 is 2.46 bits per heavy atom. The summed E-state index contributed by atoms with van der Waals surface area (Å²) in [6.07, 6.45) is 17.0. The summed E-state index contributed by atoms with van der Waals surface area (Å²) >= 11 is 1.87. The van der Waals surface area contributed by atoms with Crippen LogP contribution in [0.2, 0.25) is 0 Å². The van der Waals surface area contributed by atoms with Gasteiger partial charge in [0.05, 0.1) is 0 Å². The number of pyridine rings is 1. The minimum absolute atomic E-state index is 0.904. The average molecular weight is 484 g/mol. The van der Waals surface area contributed by atoms with Gasteiger partial charge in [0.2, 0.25) is 5.69 Å². The van der Waals surface area contributed by atoms with Gasteiger partial charge in [0.1, 0.15) is 13.6 Å². The molecule has 0 saturated carbocycles. The monoisotopic (exact) mass is 483 g/mol. The van der Waals surface area contributed by atoms with Gasteiger partial charge in [-0.1, -0.05) is 54.6 Å². The van der Waals surface area contributed by atoms with Crippen LogP contribution in [0, 0.1) is 0 Å². The Hall–Kier alpha value is -3.37. The van der Waals surface area contributed by atoms with Crippen LogP contribution < -0.4 is 14.5 Å². The molecule has 0 aliphatic heterocycles. The van der Waals surface area contributed by atoms with E-state index in [1.165, 1.54) is 35.3 Å². The minimum atomic E-state index is 0.904. The predicted molar refractivity (Wildman–Crippen MR) is 153 cm³/mol. The Bertz CT molecular complexity index is 1120. The third kappa shape index (κ3) is 9.79. The first-order chi connectivity index (χ1) is 17.3. The van der Waals surface area contributed by atoms with Gasteiger partial charge in [-0.05, 0) is 53.0 Å². The van der Waals surface area contributed by atoms with E-state index in [4.69, 9.17) is 0 Å². The summed E-state index contributed by atoms with van der Waals surface area (Å²) in [5.74, 6) is 1.14. The summed E-state index contributed by atoms with van der Waals surface area (Å²) in [6.45, 7) is 1.94. The van der Waals surface area contributed by atoms with Crippen molar-refractivity contribution in [2.75, 3.05) is 24.7 Å². The number of aryl methyl sites for hydroxylation is 1. The number of anilines is 1. The SMILES string of the molecule is C[NH+]=C/C=C\C=C\SCCCC[n+]1ccccc1/C=C/c1ccc(N(C)Cc2ccccc2)cc1. The largest absolute Gasteiger partial charge is 0.370 e. The van der Waals surface area contributed by atoms with Crippen molar-refractivity contribution in [3.05, 3.63) is 119 Å². The molecule has 0 saturated heterocycles. The Kier molecular flexibility index (Phi) is 11.6. The molecule has 2 aromatic carbocycles. The third-order valence-electron chi connectivity index (χ3n) is 5.59. The molecule has 0 fully saturated rings. The van der Waals surface area contributed by atoms with Crippen molar-refractivity contribution in [2.45, 2.75) is 25.9 Å². The van der Waals surface area contributed by atoms with Crippen molar-refractivity contribution in [3.63, 3.8) is 0 Å². The average Bonchev–Trinajstić information content (AvgIpc) is 2.90. The Labute approximate surface area is 215 Å². The molecule has 0 unspecified atom stereocenters. The van der Waals surface area contributed by atoms with E-state index in [0.717, 1.165) is 18.8 Å². The lowest BCUT2D eigenvalue weighted by Gasteiger charge is -2.19. The van der Waals surface area contributed by atoms with E-state index >= 15 is 0 Å². The first kappa shape index (κ1) is 26.2. The van der Waals surface area contributed by atoms with Crippen LogP contribution in [0.4, 0.5) is 5.69 Å². The van der Waals surface area contributed by atoms with Crippen molar-refractivity contribution in [2.24, 2.45) is 0 Å². The number of hydrogen-bond acceptors (Lipinski definition) is 2. The number of benzene rings is 2. The van der Waals surface area contributed by atoms with E-state index in [9.17, 15) is 0 Å². The van der Waals surface area contributed by atoms with Crippen molar-refractivity contribution in [3.8, 4) is 0 Å². The summed E-state index contributed by atoms with van der Waals surface area (Å²) in [4.78, 5) is 5.26. The second-order valence-corrected chi connectivity index (χ2v) is 9.35. The molecule has 180 valence electrons. The maximum Gasteiger partial charge on any atom is 0.205 e. The highest BCUT2D eigenvalue weighted by Gasteiger charge is 2.06. The van der Waals surface area contributed by atoms with Crippen LogP contribution >= 0.6 is 11.8 Å². The summed E-state index contributed by atoms with van der Waals surface area (Å²) in [5, 5.41) is 2.16. The zero-order valence-corrected chi connectivity index (χ0v) is 21.7. The van der Waals surface area contributed by atoms with Gasteiger partial charge in [-0.3, -0.25) is 4.99 Å². The highest BCUT2D eigenvalue weighted by molar-refractivity contribution is 8.02. The van der Waals surface area contributed by atoms with Gasteiger partial charge in [0, 0.05) is 50.0 Å². The molecule has 0 aliphatic rings. The van der Waals surface area contributed by atoms with Crippen LogP contribution in [0.1, 0.15) is 29.7 Å². The number of aromatic nitrogens is 1. The number of nitrogens with one attached hydrogen (secondary N) is 1. The first-order valence-corrected chi connectivity index (χ1v) is 13.3. The van der Waals surface area contributed by atoms with Crippen LogP contribution in [-0.4, -0.2) is 26.1 Å². The molecule has 1 aromatic heterocycles. The molecular weight excluding hydrogens is 446 g/mol. The Morgan fingerprint density at radius 1 is 0.857 bits per heavy atom. The fourth-order valence-electron chi connectivity index (χ4n) is 3.67. The maximum absolute atomic E-state index is 2.98. The fourth-order valence-corrected chi connectivity index (χ4v) is 4.38. The van der Waals surface area contributed by atoms with Gasteiger partial charge in [0.25, 0.3) is 0 Å². The minimum Gasteiger partial charge on any atom is -0.370 e. The molecule has 0 bridgehead atoms. The lowest BCUT2D eigenvalue weighted by atomic mass is 10.1. The molecule has 0 atom stereocenters. The summed E-state index contributed by atoms with van der Waals surface area (Å²) < 4.78 is 2.34. The van der Waals surface area contributed by atoms with Crippen LogP contribution in [-0.2, 0) is 13.1 Å². The Morgan fingerprint density at radius 2 is 1.66 bits per heavy atom. The lowest BCUT2D eigenvalue weighted by Crippen LogP contribution is -2.62. The van der Waals surface area contributed by atoms with Crippen molar-refractivity contribution < 1.29 is 9.56 Å².